The average Bonchev–Trinajstić information content (AvgIpc) is 3.06. The van der Waals surface area contributed by atoms with Crippen LogP contribution in [-0.4, -0.2) is 73.9 Å². The van der Waals surface area contributed by atoms with Crippen molar-refractivity contribution in [3.05, 3.63) is 59.2 Å². The van der Waals surface area contributed by atoms with Crippen LogP contribution in [0.1, 0.15) is 26.3 Å². The Hall–Kier alpha value is -3.72. The fraction of sp³-hybridized carbons (Fsp3) is 0.273. The molecule has 9 heteroatoms. The van der Waals surface area contributed by atoms with Crippen LogP contribution < -0.4 is 9.47 Å². The molecule has 160 valence electrons. The number of benzene rings is 2. The molecular formula is C22H21N3O6. The second-order valence-electron chi connectivity index (χ2n) is 6.90. The lowest BCUT2D eigenvalue weighted by Gasteiger charge is -2.26. The van der Waals surface area contributed by atoms with E-state index >= 15 is 0 Å². The van der Waals surface area contributed by atoms with Gasteiger partial charge in [-0.3, -0.25) is 14.4 Å². The first-order valence-corrected chi connectivity index (χ1v) is 9.76. The van der Waals surface area contributed by atoms with E-state index in [-0.39, 0.29) is 12.5 Å². The normalized spacial score (nSPS) is 16.0. The molecule has 31 heavy (non-hydrogen) atoms. The minimum absolute atomic E-state index is 0.112. The highest BCUT2D eigenvalue weighted by Crippen LogP contribution is 2.28. The number of hydrazone groups is 1. The second-order valence-corrected chi connectivity index (χ2v) is 6.90. The maximum absolute atomic E-state index is 12.4. The van der Waals surface area contributed by atoms with Crippen LogP contribution in [0.3, 0.4) is 0 Å². The van der Waals surface area contributed by atoms with Crippen molar-refractivity contribution in [1.82, 2.24) is 9.91 Å². The highest BCUT2D eigenvalue weighted by molar-refractivity contribution is 6.21. The van der Waals surface area contributed by atoms with Crippen molar-refractivity contribution in [3.63, 3.8) is 0 Å². The molecule has 2 aliphatic rings. The Labute approximate surface area is 178 Å². The first kappa shape index (κ1) is 20.5. The van der Waals surface area contributed by atoms with Crippen molar-refractivity contribution in [1.29, 1.82) is 0 Å². The van der Waals surface area contributed by atoms with Crippen LogP contribution >= 0.6 is 0 Å². The summed E-state index contributed by atoms with van der Waals surface area (Å²) < 4.78 is 16.2. The first-order chi connectivity index (χ1) is 15.1. The molecule has 0 N–H and O–H groups in total. The molecule has 0 aromatic heterocycles. The molecule has 3 amide bonds. The molecule has 2 aromatic rings. The quantitative estimate of drug-likeness (QED) is 0.517. The summed E-state index contributed by atoms with van der Waals surface area (Å²) in [6, 6.07) is 11.6. The zero-order chi connectivity index (χ0) is 21.8. The number of carbonyl (C=O) groups excluding carboxylic acids is 3. The number of carbonyl (C=O) groups is 3. The number of hydrogen-bond acceptors (Lipinski definition) is 7. The maximum Gasteiger partial charge on any atom is 0.282 e. The Morgan fingerprint density at radius 2 is 1.74 bits per heavy atom. The zero-order valence-corrected chi connectivity index (χ0v) is 16.9. The Morgan fingerprint density at radius 1 is 1.06 bits per heavy atom. The molecule has 0 aliphatic carbocycles. The van der Waals surface area contributed by atoms with Crippen LogP contribution in [-0.2, 0) is 9.53 Å². The summed E-state index contributed by atoms with van der Waals surface area (Å²) in [6.07, 6.45) is 1.40. The summed E-state index contributed by atoms with van der Waals surface area (Å²) in [4.78, 5) is 38.7. The largest absolute Gasteiger partial charge is 0.493 e. The molecule has 0 atom stereocenters. The van der Waals surface area contributed by atoms with Crippen LogP contribution in [0.25, 0.3) is 0 Å². The molecule has 2 heterocycles. The van der Waals surface area contributed by atoms with Gasteiger partial charge >= 0.3 is 0 Å². The van der Waals surface area contributed by atoms with Gasteiger partial charge in [-0.15, -0.1) is 0 Å². The van der Waals surface area contributed by atoms with Gasteiger partial charge in [0.1, 0.15) is 0 Å². The summed E-state index contributed by atoms with van der Waals surface area (Å²) >= 11 is 0. The van der Waals surface area contributed by atoms with E-state index in [9.17, 15) is 14.4 Å². The molecule has 0 unspecified atom stereocenters. The van der Waals surface area contributed by atoms with Gasteiger partial charge in [0.05, 0.1) is 37.7 Å². The fourth-order valence-corrected chi connectivity index (χ4v) is 3.33. The molecule has 1 fully saturated rings. The standard InChI is InChI=1S/C22H21N3O6/c1-29-19-12-15(6-7-18(19)31-14-20(26)24-8-10-30-11-9-24)13-23-25-21(27)16-4-2-3-5-17(16)22(25)28/h2-7,12-13H,8-11,14H2,1H3/b23-13-. The van der Waals surface area contributed by atoms with Gasteiger partial charge < -0.3 is 19.1 Å². The van der Waals surface area contributed by atoms with Gasteiger partial charge in [0, 0.05) is 13.1 Å². The van der Waals surface area contributed by atoms with E-state index in [1.165, 1.54) is 13.3 Å². The number of amides is 3. The number of nitrogens with zero attached hydrogens (tertiary/aromatic N) is 3. The number of fused-ring (bicyclic) bond motifs is 1. The smallest absolute Gasteiger partial charge is 0.282 e. The third-order valence-corrected chi connectivity index (χ3v) is 5.00. The van der Waals surface area contributed by atoms with Crippen LogP contribution in [0.2, 0.25) is 0 Å². The van der Waals surface area contributed by atoms with E-state index in [0.717, 1.165) is 5.01 Å². The molecule has 0 bridgehead atoms. The first-order valence-electron chi connectivity index (χ1n) is 9.76. The SMILES string of the molecule is COc1cc(/C=N\N2C(=O)c3ccccc3C2=O)ccc1OCC(=O)N1CCOCC1. The minimum Gasteiger partial charge on any atom is -0.493 e. The Balaban J connectivity index is 1.43. The van der Waals surface area contributed by atoms with E-state index in [4.69, 9.17) is 14.2 Å². The Morgan fingerprint density at radius 3 is 2.39 bits per heavy atom. The van der Waals surface area contributed by atoms with Crippen molar-refractivity contribution < 1.29 is 28.6 Å². The van der Waals surface area contributed by atoms with E-state index in [0.29, 0.717) is 54.5 Å². The van der Waals surface area contributed by atoms with Gasteiger partial charge in [-0.2, -0.15) is 10.1 Å². The van der Waals surface area contributed by atoms with Crippen molar-refractivity contribution >= 4 is 23.9 Å². The summed E-state index contributed by atoms with van der Waals surface area (Å²) in [5.41, 5.74) is 1.26. The minimum atomic E-state index is -0.467. The number of methoxy groups -OCH3 is 1. The summed E-state index contributed by atoms with van der Waals surface area (Å²) in [5, 5.41) is 4.89. The molecule has 0 saturated carbocycles. The van der Waals surface area contributed by atoms with Crippen LogP contribution in [0, 0.1) is 0 Å². The van der Waals surface area contributed by atoms with Gasteiger partial charge in [0.25, 0.3) is 17.7 Å². The van der Waals surface area contributed by atoms with Crippen molar-refractivity contribution in [3.8, 4) is 11.5 Å². The second kappa shape index (κ2) is 8.97. The molecule has 2 aliphatic heterocycles. The predicted octanol–water partition coefficient (Wildman–Crippen LogP) is 1.56. The molecule has 0 spiro atoms. The highest BCUT2D eigenvalue weighted by atomic mass is 16.5. The third kappa shape index (κ3) is 4.26. The number of morpholine rings is 1. The van der Waals surface area contributed by atoms with E-state index < -0.39 is 11.8 Å². The molecule has 2 aromatic carbocycles. The highest BCUT2D eigenvalue weighted by Gasteiger charge is 2.35. The molecule has 0 radical (unpaired) electrons. The Kier molecular flexibility index (Phi) is 5.94. The molecular weight excluding hydrogens is 402 g/mol. The molecule has 9 nitrogen and oxygen atoms in total. The van der Waals surface area contributed by atoms with Gasteiger partial charge in [-0.05, 0) is 35.9 Å². The van der Waals surface area contributed by atoms with Crippen molar-refractivity contribution in [2.24, 2.45) is 5.10 Å². The van der Waals surface area contributed by atoms with E-state index in [2.05, 4.69) is 5.10 Å². The third-order valence-electron chi connectivity index (χ3n) is 5.00. The number of ether oxygens (including phenoxy) is 3. The number of rotatable bonds is 6. The molecule has 4 rings (SSSR count). The van der Waals surface area contributed by atoms with Crippen molar-refractivity contribution in [2.45, 2.75) is 0 Å². The summed E-state index contributed by atoms with van der Waals surface area (Å²) in [5.74, 6) is -0.250. The van der Waals surface area contributed by atoms with Gasteiger partial charge in [0.2, 0.25) is 0 Å². The molecule has 1 saturated heterocycles. The van der Waals surface area contributed by atoms with Gasteiger partial charge in [0.15, 0.2) is 18.1 Å². The Bertz CT molecular complexity index is 1010. The van der Waals surface area contributed by atoms with Gasteiger partial charge in [-0.25, -0.2) is 0 Å². The van der Waals surface area contributed by atoms with Crippen molar-refractivity contribution in [2.75, 3.05) is 40.0 Å². The maximum atomic E-state index is 12.4. The van der Waals surface area contributed by atoms with E-state index in [1.807, 2.05) is 0 Å². The van der Waals surface area contributed by atoms with E-state index in [1.54, 1.807) is 47.4 Å². The van der Waals surface area contributed by atoms with Gasteiger partial charge in [-0.1, -0.05) is 12.1 Å². The van der Waals surface area contributed by atoms with Crippen LogP contribution in [0.4, 0.5) is 0 Å². The lowest BCUT2D eigenvalue weighted by atomic mass is 10.1. The summed E-state index contributed by atoms with van der Waals surface area (Å²) in [6.45, 7) is 2.03. The van der Waals surface area contributed by atoms with Crippen LogP contribution in [0.15, 0.2) is 47.6 Å². The number of imide groups is 1. The predicted molar refractivity (Wildman–Crippen MR) is 110 cm³/mol. The lowest BCUT2D eigenvalue weighted by molar-refractivity contribution is -0.137. The monoisotopic (exact) mass is 423 g/mol. The topological polar surface area (TPSA) is 97.7 Å². The van der Waals surface area contributed by atoms with Crippen LogP contribution in [0.5, 0.6) is 11.5 Å². The number of hydrogen-bond donors (Lipinski definition) is 0. The summed E-state index contributed by atoms with van der Waals surface area (Å²) in [7, 11) is 1.48. The fourth-order valence-electron chi connectivity index (χ4n) is 3.33. The zero-order valence-electron chi connectivity index (χ0n) is 16.9. The lowest BCUT2D eigenvalue weighted by Crippen LogP contribution is -2.43. The average molecular weight is 423 g/mol.